The van der Waals surface area contributed by atoms with Gasteiger partial charge in [-0.1, -0.05) is 12.1 Å². The maximum atomic E-state index is 12.4. The second-order valence-electron chi connectivity index (χ2n) is 6.17. The van der Waals surface area contributed by atoms with E-state index in [-0.39, 0.29) is 24.4 Å². The van der Waals surface area contributed by atoms with Gasteiger partial charge in [-0.3, -0.25) is 28.6 Å². The van der Waals surface area contributed by atoms with Crippen molar-refractivity contribution in [3.63, 3.8) is 0 Å². The Kier molecular flexibility index (Phi) is 5.11. The highest BCUT2D eigenvalue weighted by atomic mass is 16.5. The van der Waals surface area contributed by atoms with Crippen LogP contribution in [0.1, 0.15) is 24.8 Å². The first kappa shape index (κ1) is 17.8. The number of esters is 1. The summed E-state index contributed by atoms with van der Waals surface area (Å²) in [4.78, 5) is 52.9. The van der Waals surface area contributed by atoms with Crippen molar-refractivity contribution in [1.29, 1.82) is 0 Å². The minimum Gasteiger partial charge on any atom is -0.455 e. The van der Waals surface area contributed by atoms with Gasteiger partial charge in [0.2, 0.25) is 5.91 Å². The smallest absolute Gasteiger partial charge is 0.308 e. The molecule has 1 saturated heterocycles. The number of carbonyl (C=O) groups is 3. The van der Waals surface area contributed by atoms with E-state index in [4.69, 9.17) is 4.74 Å². The molecule has 8 heteroatoms. The largest absolute Gasteiger partial charge is 0.455 e. The van der Waals surface area contributed by atoms with Crippen LogP contribution in [0.3, 0.4) is 0 Å². The summed E-state index contributed by atoms with van der Waals surface area (Å²) in [6.45, 7) is 1.88. The Morgan fingerprint density at radius 2 is 2.08 bits per heavy atom. The summed E-state index contributed by atoms with van der Waals surface area (Å²) in [7, 11) is 0. The Balaban J connectivity index is 1.57. The van der Waals surface area contributed by atoms with Crippen LogP contribution in [0.25, 0.3) is 10.9 Å². The van der Waals surface area contributed by atoms with E-state index in [0.29, 0.717) is 30.3 Å². The molecular formula is C18H19N3O5. The van der Waals surface area contributed by atoms with Crippen molar-refractivity contribution < 1.29 is 19.1 Å². The SMILES string of the molecule is Cc1cccc2c(=O)n(CCC(=O)OCC(=O)N3CCCC3=O)cnc12. The number of carbonyl (C=O) groups excluding carboxylic acids is 3. The standard InChI is InChI=1S/C18H19N3O5/c1-12-4-2-5-13-17(12)19-11-20(18(13)25)9-7-16(24)26-10-15(23)21-8-3-6-14(21)22/h2,4-5,11H,3,6-10H2,1H3. The summed E-state index contributed by atoms with van der Waals surface area (Å²) in [5.41, 5.74) is 1.31. The number of likely N-dealkylation sites (tertiary alicyclic amines) is 1. The summed E-state index contributed by atoms with van der Waals surface area (Å²) in [5, 5.41) is 0.489. The number of amides is 2. The fraction of sp³-hybridized carbons (Fsp3) is 0.389. The van der Waals surface area contributed by atoms with Crippen LogP contribution in [0.15, 0.2) is 29.3 Å². The van der Waals surface area contributed by atoms with Gasteiger partial charge in [0.15, 0.2) is 6.61 Å². The van der Waals surface area contributed by atoms with Crippen LogP contribution in [0.5, 0.6) is 0 Å². The fourth-order valence-electron chi connectivity index (χ4n) is 2.91. The van der Waals surface area contributed by atoms with Gasteiger partial charge in [0, 0.05) is 19.5 Å². The van der Waals surface area contributed by atoms with E-state index in [1.54, 1.807) is 12.1 Å². The van der Waals surface area contributed by atoms with Crippen molar-refractivity contribution in [3.8, 4) is 0 Å². The van der Waals surface area contributed by atoms with Crippen LogP contribution in [-0.4, -0.2) is 45.4 Å². The van der Waals surface area contributed by atoms with Gasteiger partial charge >= 0.3 is 5.97 Å². The van der Waals surface area contributed by atoms with Crippen LogP contribution in [0.2, 0.25) is 0 Å². The van der Waals surface area contributed by atoms with Crippen LogP contribution in [0.4, 0.5) is 0 Å². The monoisotopic (exact) mass is 357 g/mol. The van der Waals surface area contributed by atoms with E-state index in [1.165, 1.54) is 10.9 Å². The van der Waals surface area contributed by atoms with Crippen molar-refractivity contribution >= 4 is 28.7 Å². The van der Waals surface area contributed by atoms with E-state index in [1.807, 2.05) is 13.0 Å². The first-order valence-corrected chi connectivity index (χ1v) is 8.41. The molecule has 1 aromatic heterocycles. The van der Waals surface area contributed by atoms with Crippen LogP contribution in [0, 0.1) is 6.92 Å². The quantitative estimate of drug-likeness (QED) is 0.734. The van der Waals surface area contributed by atoms with E-state index < -0.39 is 18.5 Å². The number of fused-ring (bicyclic) bond motifs is 1. The molecule has 0 spiro atoms. The molecule has 1 aliphatic heterocycles. The Labute approximate surface area is 149 Å². The fourth-order valence-corrected chi connectivity index (χ4v) is 2.91. The molecule has 2 aromatic rings. The van der Waals surface area contributed by atoms with E-state index in [0.717, 1.165) is 10.5 Å². The normalized spacial score (nSPS) is 14.0. The number of ether oxygens (including phenoxy) is 1. The number of nitrogens with zero attached hydrogens (tertiary/aromatic N) is 3. The van der Waals surface area contributed by atoms with Crippen molar-refractivity contribution in [1.82, 2.24) is 14.5 Å². The van der Waals surface area contributed by atoms with Gasteiger partial charge < -0.3 is 4.74 Å². The molecule has 1 aliphatic rings. The molecular weight excluding hydrogens is 338 g/mol. The number of hydrogen-bond acceptors (Lipinski definition) is 6. The summed E-state index contributed by atoms with van der Waals surface area (Å²) in [6.07, 6.45) is 2.31. The lowest BCUT2D eigenvalue weighted by Gasteiger charge is -2.13. The molecule has 0 aliphatic carbocycles. The maximum Gasteiger partial charge on any atom is 0.308 e. The topological polar surface area (TPSA) is 98.6 Å². The third kappa shape index (κ3) is 3.63. The van der Waals surface area contributed by atoms with Gasteiger partial charge in [-0.15, -0.1) is 0 Å². The van der Waals surface area contributed by atoms with E-state index >= 15 is 0 Å². The van der Waals surface area contributed by atoms with Gasteiger partial charge in [0.25, 0.3) is 11.5 Å². The highest BCUT2D eigenvalue weighted by Crippen LogP contribution is 2.12. The van der Waals surface area contributed by atoms with E-state index in [9.17, 15) is 19.2 Å². The molecule has 0 unspecified atom stereocenters. The first-order valence-electron chi connectivity index (χ1n) is 8.41. The predicted octanol–water partition coefficient (Wildman–Crippen LogP) is 0.787. The third-order valence-electron chi connectivity index (χ3n) is 4.34. The Morgan fingerprint density at radius 1 is 1.27 bits per heavy atom. The number of imide groups is 1. The van der Waals surface area contributed by atoms with Gasteiger partial charge in [-0.2, -0.15) is 0 Å². The number of hydrogen-bond donors (Lipinski definition) is 0. The average Bonchev–Trinajstić information content (AvgIpc) is 3.06. The summed E-state index contributed by atoms with van der Waals surface area (Å²) < 4.78 is 6.26. The van der Waals surface area contributed by atoms with Crippen molar-refractivity contribution in [2.24, 2.45) is 0 Å². The van der Waals surface area contributed by atoms with Crippen molar-refractivity contribution in [2.45, 2.75) is 32.7 Å². The molecule has 2 amide bonds. The number of para-hydroxylation sites is 1. The molecule has 0 radical (unpaired) electrons. The number of aromatic nitrogens is 2. The zero-order valence-corrected chi connectivity index (χ0v) is 14.4. The van der Waals surface area contributed by atoms with E-state index in [2.05, 4.69) is 4.98 Å². The number of rotatable bonds is 5. The summed E-state index contributed by atoms with van der Waals surface area (Å²) in [6, 6.07) is 5.35. The molecule has 2 heterocycles. The molecule has 136 valence electrons. The molecule has 3 rings (SSSR count). The third-order valence-corrected chi connectivity index (χ3v) is 4.34. The van der Waals surface area contributed by atoms with Crippen molar-refractivity contribution in [2.75, 3.05) is 13.2 Å². The second kappa shape index (κ2) is 7.47. The molecule has 0 atom stereocenters. The molecule has 0 bridgehead atoms. The summed E-state index contributed by atoms with van der Waals surface area (Å²) >= 11 is 0. The summed E-state index contributed by atoms with van der Waals surface area (Å²) in [5.74, 6) is -1.36. The number of aryl methyl sites for hydroxylation is 2. The lowest BCUT2D eigenvalue weighted by atomic mass is 10.1. The van der Waals surface area contributed by atoms with Gasteiger partial charge in [0.05, 0.1) is 23.7 Å². The minimum absolute atomic E-state index is 0.0693. The highest BCUT2D eigenvalue weighted by Gasteiger charge is 2.26. The molecule has 0 N–H and O–H groups in total. The Bertz CT molecular complexity index is 934. The maximum absolute atomic E-state index is 12.4. The van der Waals surface area contributed by atoms with Gasteiger partial charge in [-0.05, 0) is 25.0 Å². The van der Waals surface area contributed by atoms with Crippen LogP contribution < -0.4 is 5.56 Å². The highest BCUT2D eigenvalue weighted by molar-refractivity contribution is 5.97. The molecule has 26 heavy (non-hydrogen) atoms. The number of benzene rings is 1. The molecule has 1 fully saturated rings. The molecule has 0 saturated carbocycles. The first-order chi connectivity index (χ1) is 12.5. The van der Waals surface area contributed by atoms with Crippen LogP contribution in [-0.2, 0) is 25.7 Å². The lowest BCUT2D eigenvalue weighted by molar-refractivity contribution is -0.154. The second-order valence-corrected chi connectivity index (χ2v) is 6.17. The predicted molar refractivity (Wildman–Crippen MR) is 92.3 cm³/mol. The average molecular weight is 357 g/mol. The van der Waals surface area contributed by atoms with Gasteiger partial charge in [0.1, 0.15) is 0 Å². The Hall–Kier alpha value is -3.03. The zero-order chi connectivity index (χ0) is 18.7. The minimum atomic E-state index is -0.610. The molecule has 1 aromatic carbocycles. The van der Waals surface area contributed by atoms with Crippen molar-refractivity contribution in [3.05, 3.63) is 40.4 Å². The Morgan fingerprint density at radius 3 is 2.81 bits per heavy atom. The lowest BCUT2D eigenvalue weighted by Crippen LogP contribution is -2.35. The van der Waals surface area contributed by atoms with Gasteiger partial charge in [-0.25, -0.2) is 4.98 Å². The van der Waals surface area contributed by atoms with Crippen LogP contribution >= 0.6 is 0 Å². The molecule has 8 nitrogen and oxygen atoms in total. The zero-order valence-electron chi connectivity index (χ0n) is 14.4.